The Morgan fingerprint density at radius 3 is 2.61 bits per heavy atom. The molecule has 1 atom stereocenters. The second kappa shape index (κ2) is 10.8. The smallest absolute Gasteiger partial charge is 0.317 e. The Balaban J connectivity index is 1.35. The summed E-state index contributed by atoms with van der Waals surface area (Å²) in [5, 5.41) is 3.21. The number of pyridine rings is 1. The fraction of sp³-hybridized carbons (Fsp3) is 0.727. The number of carbonyl (C=O) groups excluding carboxylic acids is 1. The van der Waals surface area contributed by atoms with Crippen LogP contribution < -0.4 is 5.32 Å². The van der Waals surface area contributed by atoms with E-state index in [2.05, 4.69) is 39.2 Å². The van der Waals surface area contributed by atoms with Gasteiger partial charge in [0.25, 0.3) is 0 Å². The van der Waals surface area contributed by atoms with Crippen molar-refractivity contribution in [2.24, 2.45) is 0 Å². The molecule has 0 aromatic carbocycles. The van der Waals surface area contributed by atoms with Crippen molar-refractivity contribution in [1.29, 1.82) is 0 Å². The van der Waals surface area contributed by atoms with Crippen molar-refractivity contribution >= 4 is 6.03 Å². The van der Waals surface area contributed by atoms with Gasteiger partial charge in [-0.3, -0.25) is 4.98 Å². The molecular formula is C22H37N5O. The summed E-state index contributed by atoms with van der Waals surface area (Å²) in [7, 11) is 1.96. The number of carbonyl (C=O) groups is 1. The Bertz CT molecular complexity index is 582. The third-order valence-electron chi connectivity index (χ3n) is 6.19. The Hall–Kier alpha value is -1.66. The summed E-state index contributed by atoms with van der Waals surface area (Å²) in [6.45, 7) is 8.59. The van der Waals surface area contributed by atoms with Crippen molar-refractivity contribution in [2.75, 3.05) is 46.3 Å². The molecule has 6 nitrogen and oxygen atoms in total. The number of nitrogens with one attached hydrogen (secondary N) is 1. The van der Waals surface area contributed by atoms with E-state index >= 15 is 0 Å². The van der Waals surface area contributed by atoms with E-state index in [1.807, 2.05) is 24.2 Å². The van der Waals surface area contributed by atoms with Gasteiger partial charge in [-0.2, -0.15) is 0 Å². The van der Waals surface area contributed by atoms with Crippen LogP contribution in [0.3, 0.4) is 0 Å². The van der Waals surface area contributed by atoms with Gasteiger partial charge in [-0.15, -0.1) is 0 Å². The third kappa shape index (κ3) is 6.45. The standard InChI is InChI=1S/C22H37N5O/c1-19(18-27-13-6-3-7-14-27)24-22(28)25(2)21-10-16-26(17-11-21)15-9-20-8-4-5-12-23-20/h4-5,8,12,19,21H,3,6-7,9-11,13-18H2,1-2H3,(H,24,28). The van der Waals surface area contributed by atoms with Gasteiger partial charge in [0, 0.05) is 63.6 Å². The van der Waals surface area contributed by atoms with Gasteiger partial charge in [0.15, 0.2) is 0 Å². The van der Waals surface area contributed by atoms with E-state index in [1.165, 1.54) is 32.4 Å². The summed E-state index contributed by atoms with van der Waals surface area (Å²) < 4.78 is 0. The second-order valence-corrected chi connectivity index (χ2v) is 8.47. The Morgan fingerprint density at radius 1 is 1.18 bits per heavy atom. The molecule has 28 heavy (non-hydrogen) atoms. The highest BCUT2D eigenvalue weighted by atomic mass is 16.2. The molecule has 0 spiro atoms. The molecular weight excluding hydrogens is 350 g/mol. The normalized spacial score (nSPS) is 20.6. The molecule has 6 heteroatoms. The monoisotopic (exact) mass is 387 g/mol. The lowest BCUT2D eigenvalue weighted by atomic mass is 10.0. The number of likely N-dealkylation sites (tertiary alicyclic amines) is 2. The zero-order chi connectivity index (χ0) is 19.8. The fourth-order valence-corrected chi connectivity index (χ4v) is 4.40. The number of aromatic nitrogens is 1. The molecule has 1 aromatic rings. The number of urea groups is 1. The second-order valence-electron chi connectivity index (χ2n) is 8.47. The molecule has 2 saturated heterocycles. The minimum atomic E-state index is 0.0800. The first-order valence-electron chi connectivity index (χ1n) is 11.0. The van der Waals surface area contributed by atoms with Gasteiger partial charge in [0.05, 0.1) is 0 Å². The van der Waals surface area contributed by atoms with E-state index in [1.54, 1.807) is 0 Å². The van der Waals surface area contributed by atoms with Crippen LogP contribution in [-0.2, 0) is 6.42 Å². The summed E-state index contributed by atoms with van der Waals surface area (Å²) in [4.78, 5) is 24.0. The average Bonchev–Trinajstić information content (AvgIpc) is 2.73. The van der Waals surface area contributed by atoms with Crippen LogP contribution in [0.5, 0.6) is 0 Å². The van der Waals surface area contributed by atoms with E-state index in [9.17, 15) is 4.79 Å². The predicted molar refractivity (Wildman–Crippen MR) is 113 cm³/mol. The molecule has 0 bridgehead atoms. The minimum Gasteiger partial charge on any atom is -0.334 e. The predicted octanol–water partition coefficient (Wildman–Crippen LogP) is 2.60. The lowest BCUT2D eigenvalue weighted by molar-refractivity contribution is 0.131. The van der Waals surface area contributed by atoms with Crippen LogP contribution in [0.2, 0.25) is 0 Å². The van der Waals surface area contributed by atoms with Crippen LogP contribution in [0.1, 0.15) is 44.7 Å². The molecule has 1 unspecified atom stereocenters. The maximum Gasteiger partial charge on any atom is 0.317 e. The molecule has 3 rings (SSSR count). The quantitative estimate of drug-likeness (QED) is 0.781. The van der Waals surface area contributed by atoms with Crippen molar-refractivity contribution in [3.8, 4) is 0 Å². The molecule has 2 aliphatic rings. The molecule has 1 N–H and O–H groups in total. The SMILES string of the molecule is CC(CN1CCCCC1)NC(=O)N(C)C1CCN(CCc2ccccn2)CC1. The largest absolute Gasteiger partial charge is 0.334 e. The highest BCUT2D eigenvalue weighted by Crippen LogP contribution is 2.16. The Kier molecular flexibility index (Phi) is 8.10. The highest BCUT2D eigenvalue weighted by Gasteiger charge is 2.26. The van der Waals surface area contributed by atoms with Crippen LogP contribution in [0.4, 0.5) is 4.79 Å². The van der Waals surface area contributed by atoms with Crippen molar-refractivity contribution < 1.29 is 4.79 Å². The van der Waals surface area contributed by atoms with Gasteiger partial charge in [0.1, 0.15) is 0 Å². The van der Waals surface area contributed by atoms with E-state index in [4.69, 9.17) is 0 Å². The first-order valence-corrected chi connectivity index (χ1v) is 11.0. The third-order valence-corrected chi connectivity index (χ3v) is 6.19. The van der Waals surface area contributed by atoms with Gasteiger partial charge in [-0.25, -0.2) is 4.79 Å². The van der Waals surface area contributed by atoms with Crippen molar-refractivity contribution in [3.05, 3.63) is 30.1 Å². The first kappa shape index (κ1) is 21.1. The topological polar surface area (TPSA) is 51.7 Å². The molecule has 0 saturated carbocycles. The molecule has 0 aliphatic carbocycles. The summed E-state index contributed by atoms with van der Waals surface area (Å²) in [6, 6.07) is 6.73. The number of amides is 2. The zero-order valence-corrected chi connectivity index (χ0v) is 17.6. The van der Waals surface area contributed by atoms with Crippen LogP contribution in [0, 0.1) is 0 Å². The van der Waals surface area contributed by atoms with Crippen LogP contribution in [0.15, 0.2) is 24.4 Å². The number of nitrogens with zero attached hydrogens (tertiary/aromatic N) is 4. The van der Waals surface area contributed by atoms with E-state index in [0.717, 1.165) is 51.1 Å². The Labute approximate surface area is 170 Å². The number of hydrogen-bond acceptors (Lipinski definition) is 4. The average molecular weight is 388 g/mol. The molecule has 2 fully saturated rings. The lowest BCUT2D eigenvalue weighted by Gasteiger charge is -2.37. The number of piperidine rings is 2. The minimum absolute atomic E-state index is 0.0800. The summed E-state index contributed by atoms with van der Waals surface area (Å²) in [6.07, 6.45) is 8.88. The number of hydrogen-bond donors (Lipinski definition) is 1. The Morgan fingerprint density at radius 2 is 1.93 bits per heavy atom. The van der Waals surface area contributed by atoms with Gasteiger partial charge < -0.3 is 20.0 Å². The van der Waals surface area contributed by atoms with Crippen LogP contribution in [-0.4, -0.2) is 84.1 Å². The molecule has 2 aliphatic heterocycles. The van der Waals surface area contributed by atoms with E-state index in [0.29, 0.717) is 6.04 Å². The first-order chi connectivity index (χ1) is 13.6. The molecule has 3 heterocycles. The maximum absolute atomic E-state index is 12.7. The molecule has 156 valence electrons. The van der Waals surface area contributed by atoms with Crippen molar-refractivity contribution in [1.82, 2.24) is 25.0 Å². The zero-order valence-electron chi connectivity index (χ0n) is 17.6. The highest BCUT2D eigenvalue weighted by molar-refractivity contribution is 5.74. The molecule has 0 radical (unpaired) electrons. The lowest BCUT2D eigenvalue weighted by Crippen LogP contribution is -2.52. The van der Waals surface area contributed by atoms with Gasteiger partial charge in [0.2, 0.25) is 0 Å². The van der Waals surface area contributed by atoms with E-state index in [-0.39, 0.29) is 12.1 Å². The van der Waals surface area contributed by atoms with Gasteiger partial charge in [-0.05, 0) is 57.8 Å². The fourth-order valence-electron chi connectivity index (χ4n) is 4.40. The van der Waals surface area contributed by atoms with Gasteiger partial charge >= 0.3 is 6.03 Å². The molecule has 2 amide bonds. The number of rotatable bonds is 7. The van der Waals surface area contributed by atoms with E-state index < -0.39 is 0 Å². The van der Waals surface area contributed by atoms with Crippen LogP contribution >= 0.6 is 0 Å². The van der Waals surface area contributed by atoms with Crippen LogP contribution in [0.25, 0.3) is 0 Å². The maximum atomic E-state index is 12.7. The summed E-state index contributed by atoms with van der Waals surface area (Å²) in [5.74, 6) is 0. The summed E-state index contributed by atoms with van der Waals surface area (Å²) in [5.41, 5.74) is 1.16. The molecule has 1 aromatic heterocycles. The van der Waals surface area contributed by atoms with Gasteiger partial charge in [-0.1, -0.05) is 12.5 Å². The summed E-state index contributed by atoms with van der Waals surface area (Å²) >= 11 is 0. The van der Waals surface area contributed by atoms with Crippen molar-refractivity contribution in [2.45, 2.75) is 57.5 Å². The van der Waals surface area contributed by atoms with Crippen molar-refractivity contribution in [3.63, 3.8) is 0 Å².